The number of nitrogens with one attached hydrogen (secondary N) is 5. The van der Waals surface area contributed by atoms with Gasteiger partial charge in [0, 0.05) is 32.0 Å². The molecule has 5 aromatic rings. The molecule has 5 N–H and O–H groups in total. The average molecular weight is 793 g/mol. The molecule has 296 valence electrons. The summed E-state index contributed by atoms with van der Waals surface area (Å²) in [6.45, 7) is 2.28. The lowest BCUT2D eigenvalue weighted by molar-refractivity contribution is -0.137. The van der Waals surface area contributed by atoms with Crippen molar-refractivity contribution in [3.8, 4) is 33.6 Å². The van der Waals surface area contributed by atoms with E-state index in [4.69, 9.17) is 26.1 Å². The quantitative estimate of drug-likeness (QED) is 0.0900. The number of anilines is 1. The molecule has 0 spiro atoms. The van der Waals surface area contributed by atoms with E-state index < -0.39 is 18.2 Å². The molecule has 4 heterocycles. The number of halogens is 1. The van der Waals surface area contributed by atoms with E-state index in [0.29, 0.717) is 30.0 Å². The second-order valence-corrected chi connectivity index (χ2v) is 15.3. The first-order chi connectivity index (χ1) is 27.7. The van der Waals surface area contributed by atoms with Crippen LogP contribution in [0.4, 0.5) is 10.6 Å². The molecular formula is C41H45ClN10O5. The number of hydrogen-bond donors (Lipinski definition) is 5. The van der Waals surface area contributed by atoms with Crippen LogP contribution in [0.2, 0.25) is 5.15 Å². The molecule has 3 amide bonds. The summed E-state index contributed by atoms with van der Waals surface area (Å²) >= 11 is 6.12. The van der Waals surface area contributed by atoms with Crippen molar-refractivity contribution in [3.63, 3.8) is 0 Å². The number of imidazole rings is 2. The number of aromatic nitrogens is 6. The van der Waals surface area contributed by atoms with Crippen molar-refractivity contribution in [2.45, 2.75) is 63.1 Å². The van der Waals surface area contributed by atoms with E-state index in [1.54, 1.807) is 18.0 Å². The maximum absolute atomic E-state index is 13.6. The predicted octanol–water partition coefficient (Wildman–Crippen LogP) is 6.27. The number of hydrazine groups is 1. The number of alkyl carbamates (subject to hydrolysis) is 1. The third-order valence-electron chi connectivity index (χ3n) is 11.8. The molecular weight excluding hydrogens is 748 g/mol. The Labute approximate surface area is 334 Å². The van der Waals surface area contributed by atoms with Crippen molar-refractivity contribution >= 4 is 35.3 Å². The number of carbonyl (C=O) groups excluding carboxylic acids is 3. The lowest BCUT2D eigenvalue weighted by Gasteiger charge is -2.30. The highest BCUT2D eigenvalue weighted by Gasteiger charge is 2.52. The van der Waals surface area contributed by atoms with Crippen LogP contribution >= 0.6 is 11.6 Å². The Morgan fingerprint density at radius 2 is 1.44 bits per heavy atom. The van der Waals surface area contributed by atoms with Crippen LogP contribution < -0.4 is 16.2 Å². The van der Waals surface area contributed by atoms with Crippen molar-refractivity contribution in [1.29, 1.82) is 0 Å². The van der Waals surface area contributed by atoms with Crippen LogP contribution in [0, 0.1) is 17.8 Å². The molecule has 16 heteroatoms. The van der Waals surface area contributed by atoms with Gasteiger partial charge in [0.25, 0.3) is 0 Å². The first-order valence-electron chi connectivity index (χ1n) is 19.2. The van der Waals surface area contributed by atoms with Gasteiger partial charge in [0.15, 0.2) is 11.0 Å². The lowest BCUT2D eigenvalue weighted by atomic mass is 9.78. The second-order valence-electron chi connectivity index (χ2n) is 15.0. The maximum Gasteiger partial charge on any atom is 0.407 e. The summed E-state index contributed by atoms with van der Waals surface area (Å²) in [6.07, 6.45) is 10.1. The van der Waals surface area contributed by atoms with Gasteiger partial charge in [-0.05, 0) is 73.1 Å². The zero-order valence-electron chi connectivity index (χ0n) is 31.9. The molecule has 3 fully saturated rings. The number of aromatic amines is 2. The van der Waals surface area contributed by atoms with Gasteiger partial charge in [-0.15, -0.1) is 0 Å². The van der Waals surface area contributed by atoms with E-state index in [1.807, 2.05) is 6.20 Å². The highest BCUT2D eigenvalue weighted by atomic mass is 35.5. The number of nitrogens with zero attached hydrogens (tertiary/aromatic N) is 5. The highest BCUT2D eigenvalue weighted by Crippen LogP contribution is 2.56. The maximum atomic E-state index is 13.6. The van der Waals surface area contributed by atoms with Gasteiger partial charge in [-0.2, -0.15) is 0 Å². The van der Waals surface area contributed by atoms with Crippen LogP contribution in [0.15, 0.2) is 73.3 Å². The smallest absolute Gasteiger partial charge is 0.407 e. The van der Waals surface area contributed by atoms with E-state index in [9.17, 15) is 14.4 Å². The second kappa shape index (κ2) is 16.4. The molecule has 3 aromatic heterocycles. The minimum Gasteiger partial charge on any atom is -0.453 e. The minimum absolute atomic E-state index is 0.00707. The van der Waals surface area contributed by atoms with Gasteiger partial charge in [-0.1, -0.05) is 60.1 Å². The third-order valence-corrected chi connectivity index (χ3v) is 12.1. The van der Waals surface area contributed by atoms with Gasteiger partial charge in [0.05, 0.1) is 49.0 Å². The average Bonchev–Trinajstić information content (AvgIpc) is 4.10. The molecule has 8 rings (SSSR count). The van der Waals surface area contributed by atoms with Gasteiger partial charge >= 0.3 is 6.09 Å². The van der Waals surface area contributed by atoms with Crippen molar-refractivity contribution in [1.82, 2.24) is 45.5 Å². The number of benzene rings is 2. The standard InChI is InChI=1S/C41H45ClN10O5/c1-22(56-2)34(49-41(55)57-3)40(54)52-18-4-5-31(52)36-45-20-29(47-36)25-10-6-23(7-11-25)24-8-12-26(13-9-24)30-21-46-37(48-30)32-27-14-15-28(19-27)33(32)39(53)51-50-38-35(42)43-16-17-44-38/h6-13,16-17,20-22,27-28,31-34H,4-5,14-15,18-19H2,1-3H3,(H,44,50)(H,45,47)(H,46,48)(H,49,55)(H,51,53)/t22-,27?,28?,31+,32+,33+,34+/m1/s1. The molecule has 2 saturated carbocycles. The number of likely N-dealkylation sites (tertiary alicyclic amines) is 1. The Balaban J connectivity index is 0.918. The molecule has 15 nitrogen and oxygen atoms in total. The fraction of sp³-hybridized carbons (Fsp3) is 0.390. The minimum atomic E-state index is -0.892. The fourth-order valence-corrected chi connectivity index (χ4v) is 9.01. The number of methoxy groups -OCH3 is 2. The Hall–Kier alpha value is -5.80. The number of rotatable bonds is 12. The summed E-state index contributed by atoms with van der Waals surface area (Å²) in [5, 5.41) is 2.81. The molecule has 1 saturated heterocycles. The third kappa shape index (κ3) is 7.68. The van der Waals surface area contributed by atoms with E-state index in [1.165, 1.54) is 26.6 Å². The van der Waals surface area contributed by atoms with Gasteiger partial charge in [0.2, 0.25) is 11.8 Å². The van der Waals surface area contributed by atoms with Crippen LogP contribution in [0.5, 0.6) is 0 Å². The van der Waals surface area contributed by atoms with Crippen LogP contribution in [0.1, 0.15) is 62.6 Å². The Morgan fingerprint density at radius 3 is 2.09 bits per heavy atom. The molecule has 3 aliphatic rings. The molecule has 0 radical (unpaired) electrons. The molecule has 2 aliphatic carbocycles. The fourth-order valence-electron chi connectivity index (χ4n) is 8.86. The number of fused-ring (bicyclic) bond motifs is 2. The van der Waals surface area contributed by atoms with Gasteiger partial charge < -0.3 is 29.7 Å². The summed E-state index contributed by atoms with van der Waals surface area (Å²) in [4.78, 5) is 65.5. The molecule has 57 heavy (non-hydrogen) atoms. The zero-order valence-corrected chi connectivity index (χ0v) is 32.6. The van der Waals surface area contributed by atoms with E-state index in [0.717, 1.165) is 71.6 Å². The number of amides is 3. The molecule has 2 bridgehead atoms. The van der Waals surface area contributed by atoms with Crippen molar-refractivity contribution in [3.05, 3.63) is 90.1 Å². The monoisotopic (exact) mass is 792 g/mol. The number of hydrogen-bond acceptors (Lipinski definition) is 10. The lowest BCUT2D eigenvalue weighted by Crippen LogP contribution is -2.54. The van der Waals surface area contributed by atoms with Crippen molar-refractivity contribution in [2.24, 2.45) is 17.8 Å². The molecule has 2 unspecified atom stereocenters. The van der Waals surface area contributed by atoms with E-state index >= 15 is 0 Å². The summed E-state index contributed by atoms with van der Waals surface area (Å²) in [5.74, 6) is 1.96. The van der Waals surface area contributed by atoms with Gasteiger partial charge in [-0.3, -0.25) is 20.4 Å². The summed E-state index contributed by atoms with van der Waals surface area (Å²) in [5.41, 5.74) is 11.5. The van der Waals surface area contributed by atoms with Crippen molar-refractivity contribution < 1.29 is 23.9 Å². The van der Waals surface area contributed by atoms with Crippen molar-refractivity contribution in [2.75, 3.05) is 26.2 Å². The first kappa shape index (κ1) is 38.1. The largest absolute Gasteiger partial charge is 0.453 e. The predicted molar refractivity (Wildman–Crippen MR) is 212 cm³/mol. The molecule has 1 aliphatic heterocycles. The summed E-state index contributed by atoms with van der Waals surface area (Å²) in [7, 11) is 2.76. The van der Waals surface area contributed by atoms with E-state index in [2.05, 4.69) is 89.6 Å². The van der Waals surface area contributed by atoms with Gasteiger partial charge in [-0.25, -0.2) is 24.7 Å². The van der Waals surface area contributed by atoms with E-state index in [-0.39, 0.29) is 34.8 Å². The van der Waals surface area contributed by atoms with Crippen LogP contribution in [0.3, 0.4) is 0 Å². The Kier molecular flexibility index (Phi) is 10.9. The molecule has 7 atom stereocenters. The first-order valence-corrected chi connectivity index (χ1v) is 19.6. The van der Waals surface area contributed by atoms with Gasteiger partial charge in [0.1, 0.15) is 17.7 Å². The molecule has 2 aromatic carbocycles. The van der Waals surface area contributed by atoms with Crippen LogP contribution in [0.25, 0.3) is 33.6 Å². The number of carbonyl (C=O) groups is 3. The summed E-state index contributed by atoms with van der Waals surface area (Å²) < 4.78 is 10.1. The number of ether oxygens (including phenoxy) is 2. The Morgan fingerprint density at radius 1 is 0.825 bits per heavy atom. The topological polar surface area (TPSA) is 192 Å². The normalized spacial score (nSPS) is 22.2. The van der Waals surface area contributed by atoms with Crippen LogP contribution in [-0.4, -0.2) is 85.6 Å². The highest BCUT2D eigenvalue weighted by molar-refractivity contribution is 6.31. The SMILES string of the molecule is COC(=O)N[C@H](C(=O)N1CCC[C@H]1c1ncc(-c2ccc(-c3ccc(-c4cnc([C@H]5C6CCC(C6)[C@@H]5C(=O)NNc5nccnc5Cl)[nH]4)cc3)cc2)[nH]1)[C@@H](C)OC. The Bertz CT molecular complexity index is 2230. The number of H-pyrrole nitrogens is 2. The summed E-state index contributed by atoms with van der Waals surface area (Å²) in [6, 6.07) is 15.4. The van der Waals surface area contributed by atoms with Crippen LogP contribution in [-0.2, 0) is 19.1 Å². The zero-order chi connectivity index (χ0) is 39.6.